The van der Waals surface area contributed by atoms with Crippen molar-refractivity contribution in [1.82, 2.24) is 4.90 Å². The van der Waals surface area contributed by atoms with Gasteiger partial charge >= 0.3 is 0 Å². The molecule has 1 saturated heterocycles. The van der Waals surface area contributed by atoms with Gasteiger partial charge in [-0.3, -0.25) is 4.79 Å². The molecule has 1 fully saturated rings. The highest BCUT2D eigenvalue weighted by molar-refractivity contribution is 5.90. The van der Waals surface area contributed by atoms with Crippen molar-refractivity contribution in [3.8, 4) is 0 Å². The molecule has 1 aromatic heterocycles. The maximum atomic E-state index is 12.6. The third-order valence-corrected chi connectivity index (χ3v) is 4.76. The summed E-state index contributed by atoms with van der Waals surface area (Å²) < 4.78 is 5.66. The van der Waals surface area contributed by atoms with Gasteiger partial charge in [0, 0.05) is 10.9 Å². The first-order valence-electron chi connectivity index (χ1n) is 8.17. The Morgan fingerprint density at radius 1 is 1.27 bits per heavy atom. The minimum Gasteiger partial charge on any atom is -0.464 e. The van der Waals surface area contributed by atoms with Gasteiger partial charge in [0.05, 0.1) is 45.4 Å². The fraction of sp³-hybridized carbons (Fsp3) is 0.500. The third kappa shape index (κ3) is 2.88. The van der Waals surface area contributed by atoms with Crippen LogP contribution in [0.1, 0.15) is 23.6 Å². The van der Waals surface area contributed by atoms with Gasteiger partial charge in [-0.1, -0.05) is 6.07 Å². The van der Waals surface area contributed by atoms with Crippen molar-refractivity contribution in [2.45, 2.75) is 27.2 Å². The van der Waals surface area contributed by atoms with Crippen molar-refractivity contribution in [3.63, 3.8) is 0 Å². The van der Waals surface area contributed by atoms with E-state index in [1.807, 2.05) is 11.0 Å². The Kier molecular flexibility index (Phi) is 4.21. The van der Waals surface area contributed by atoms with E-state index in [1.165, 1.54) is 11.1 Å². The zero-order valence-electron chi connectivity index (χ0n) is 13.7. The molecule has 1 N–H and O–H groups in total. The van der Waals surface area contributed by atoms with Crippen LogP contribution in [0.3, 0.4) is 0 Å². The number of nitrogens with one attached hydrogen (secondary N) is 1. The number of quaternary nitrogens is 1. The molecule has 1 aromatic carbocycles. The van der Waals surface area contributed by atoms with Crippen LogP contribution >= 0.6 is 0 Å². The summed E-state index contributed by atoms with van der Waals surface area (Å²) in [6.07, 6.45) is 2.20. The average molecular weight is 301 g/mol. The Morgan fingerprint density at radius 3 is 2.68 bits per heavy atom. The quantitative estimate of drug-likeness (QED) is 0.929. The van der Waals surface area contributed by atoms with Gasteiger partial charge < -0.3 is 14.2 Å². The van der Waals surface area contributed by atoms with Crippen molar-refractivity contribution >= 4 is 16.9 Å². The van der Waals surface area contributed by atoms with E-state index in [0.717, 1.165) is 49.3 Å². The molecule has 1 aliphatic heterocycles. The maximum Gasteiger partial charge on any atom is 0.227 e. The monoisotopic (exact) mass is 301 g/mol. The SMILES string of the molecule is CC[NH+]1CCN(C(=O)Cc2coc3cc(C)cc(C)c23)CC1. The fourth-order valence-corrected chi connectivity index (χ4v) is 3.46. The molecule has 0 spiro atoms. The number of carbonyl (C=O) groups excluding carboxylic acids is 1. The number of furan rings is 1. The number of likely N-dealkylation sites (N-methyl/N-ethyl adjacent to an activating group) is 1. The van der Waals surface area contributed by atoms with Crippen LogP contribution in [0.4, 0.5) is 0 Å². The Bertz CT molecular complexity index is 682. The van der Waals surface area contributed by atoms with Crippen LogP contribution in [0.15, 0.2) is 22.8 Å². The van der Waals surface area contributed by atoms with E-state index >= 15 is 0 Å². The van der Waals surface area contributed by atoms with Gasteiger partial charge in [0.1, 0.15) is 5.58 Å². The lowest BCUT2D eigenvalue weighted by atomic mass is 10.0. The molecule has 118 valence electrons. The van der Waals surface area contributed by atoms with Crippen molar-refractivity contribution in [1.29, 1.82) is 0 Å². The molecule has 3 rings (SSSR count). The minimum atomic E-state index is 0.220. The third-order valence-electron chi connectivity index (χ3n) is 4.76. The summed E-state index contributed by atoms with van der Waals surface area (Å²) in [5.41, 5.74) is 4.28. The minimum absolute atomic E-state index is 0.220. The summed E-state index contributed by atoms with van der Waals surface area (Å²) in [4.78, 5) is 16.1. The highest BCUT2D eigenvalue weighted by Crippen LogP contribution is 2.26. The van der Waals surface area contributed by atoms with Crippen molar-refractivity contribution < 1.29 is 14.1 Å². The second kappa shape index (κ2) is 6.13. The molecule has 4 nitrogen and oxygen atoms in total. The molecule has 0 bridgehead atoms. The molecular formula is C18H25N2O2+. The second-order valence-electron chi connectivity index (χ2n) is 6.38. The zero-order valence-corrected chi connectivity index (χ0v) is 13.7. The molecule has 0 radical (unpaired) electrons. The first kappa shape index (κ1) is 15.1. The Balaban J connectivity index is 1.75. The summed E-state index contributed by atoms with van der Waals surface area (Å²) in [6.45, 7) is 11.4. The summed E-state index contributed by atoms with van der Waals surface area (Å²) >= 11 is 0. The number of carbonyl (C=O) groups is 1. The molecular weight excluding hydrogens is 276 g/mol. The molecule has 1 amide bonds. The van der Waals surface area contributed by atoms with E-state index < -0.39 is 0 Å². The van der Waals surface area contributed by atoms with Crippen molar-refractivity contribution in [2.75, 3.05) is 32.7 Å². The van der Waals surface area contributed by atoms with Gasteiger partial charge in [0.25, 0.3) is 0 Å². The number of fused-ring (bicyclic) bond motifs is 1. The van der Waals surface area contributed by atoms with Crippen LogP contribution < -0.4 is 4.90 Å². The zero-order chi connectivity index (χ0) is 15.7. The van der Waals surface area contributed by atoms with E-state index in [1.54, 1.807) is 11.2 Å². The van der Waals surface area contributed by atoms with Crippen LogP contribution in [0.5, 0.6) is 0 Å². The van der Waals surface area contributed by atoms with Crippen LogP contribution in [-0.2, 0) is 11.2 Å². The lowest BCUT2D eigenvalue weighted by Crippen LogP contribution is -3.14. The fourth-order valence-electron chi connectivity index (χ4n) is 3.46. The molecule has 22 heavy (non-hydrogen) atoms. The molecule has 0 saturated carbocycles. The number of amides is 1. The van der Waals surface area contributed by atoms with E-state index in [-0.39, 0.29) is 5.91 Å². The molecule has 0 unspecified atom stereocenters. The standard InChI is InChI=1S/C18H24N2O2/c1-4-19-5-7-20(8-6-19)17(21)11-15-12-22-16-10-13(2)9-14(3)18(15)16/h9-10,12H,4-8,11H2,1-3H3/p+1. The first-order valence-corrected chi connectivity index (χ1v) is 8.17. The molecule has 1 aliphatic rings. The van der Waals surface area contributed by atoms with Crippen LogP contribution in [-0.4, -0.2) is 43.5 Å². The van der Waals surface area contributed by atoms with Gasteiger partial charge in [-0.05, 0) is 38.0 Å². The number of rotatable bonds is 3. The van der Waals surface area contributed by atoms with E-state index in [9.17, 15) is 4.79 Å². The normalized spacial score (nSPS) is 16.4. The average Bonchev–Trinajstić information content (AvgIpc) is 2.90. The smallest absolute Gasteiger partial charge is 0.227 e. The van der Waals surface area contributed by atoms with Gasteiger partial charge in [0.15, 0.2) is 0 Å². The van der Waals surface area contributed by atoms with Gasteiger partial charge in [0.2, 0.25) is 5.91 Å². The molecule has 0 atom stereocenters. The topological polar surface area (TPSA) is 37.9 Å². The number of hydrogen-bond acceptors (Lipinski definition) is 2. The number of piperazine rings is 1. The van der Waals surface area contributed by atoms with Crippen LogP contribution in [0.25, 0.3) is 11.0 Å². The predicted molar refractivity (Wildman–Crippen MR) is 87.2 cm³/mol. The number of nitrogens with zero attached hydrogens (tertiary/aromatic N) is 1. The molecule has 0 aliphatic carbocycles. The summed E-state index contributed by atoms with van der Waals surface area (Å²) in [5.74, 6) is 0.220. The second-order valence-corrected chi connectivity index (χ2v) is 6.38. The Morgan fingerprint density at radius 2 is 2.00 bits per heavy atom. The summed E-state index contributed by atoms with van der Waals surface area (Å²) in [5, 5.41) is 1.11. The Hall–Kier alpha value is -1.81. The molecule has 2 heterocycles. The van der Waals surface area contributed by atoms with E-state index in [4.69, 9.17) is 4.42 Å². The Labute approximate surface area is 131 Å². The van der Waals surface area contributed by atoms with Crippen LogP contribution in [0, 0.1) is 13.8 Å². The van der Waals surface area contributed by atoms with Crippen molar-refractivity contribution in [3.05, 3.63) is 35.1 Å². The van der Waals surface area contributed by atoms with E-state index in [2.05, 4.69) is 26.8 Å². The molecule has 4 heteroatoms. The van der Waals surface area contributed by atoms with Gasteiger partial charge in [-0.25, -0.2) is 0 Å². The largest absolute Gasteiger partial charge is 0.464 e. The first-order chi connectivity index (χ1) is 10.6. The number of benzene rings is 1. The van der Waals surface area contributed by atoms with Gasteiger partial charge in [-0.2, -0.15) is 0 Å². The molecule has 2 aromatic rings. The van der Waals surface area contributed by atoms with E-state index in [0.29, 0.717) is 6.42 Å². The van der Waals surface area contributed by atoms with Crippen molar-refractivity contribution in [2.24, 2.45) is 0 Å². The highest BCUT2D eigenvalue weighted by atomic mass is 16.3. The predicted octanol–water partition coefficient (Wildman–Crippen LogP) is 1.34. The number of aryl methyl sites for hydroxylation is 2. The van der Waals surface area contributed by atoms with Crippen LogP contribution in [0.2, 0.25) is 0 Å². The lowest BCUT2D eigenvalue weighted by molar-refractivity contribution is -0.902. The lowest BCUT2D eigenvalue weighted by Gasteiger charge is -2.31. The maximum absolute atomic E-state index is 12.6. The number of hydrogen-bond donors (Lipinski definition) is 1. The van der Waals surface area contributed by atoms with Gasteiger partial charge in [-0.15, -0.1) is 0 Å². The highest BCUT2D eigenvalue weighted by Gasteiger charge is 2.23. The summed E-state index contributed by atoms with van der Waals surface area (Å²) in [7, 11) is 0. The summed E-state index contributed by atoms with van der Waals surface area (Å²) in [6, 6.07) is 4.19.